The molecule has 0 N–H and O–H groups in total. The predicted octanol–water partition coefficient (Wildman–Crippen LogP) is 5.78. The Morgan fingerprint density at radius 2 is 1.39 bits per heavy atom. The molecule has 0 saturated carbocycles. The molecule has 0 bridgehead atoms. The van der Waals surface area contributed by atoms with Gasteiger partial charge in [-0.2, -0.15) is 10.00 Å². The van der Waals surface area contributed by atoms with Crippen molar-refractivity contribution in [3.8, 4) is 11.8 Å². The first-order valence-corrected chi connectivity index (χ1v) is 12.8. The highest BCUT2D eigenvalue weighted by molar-refractivity contribution is 9.10. The van der Waals surface area contributed by atoms with E-state index >= 15 is 0 Å². The number of carbonyl (C=O) groups is 3. The minimum absolute atomic E-state index is 0.0983. The Labute approximate surface area is 231 Å². The number of imidazole rings is 1. The van der Waals surface area contributed by atoms with Crippen LogP contribution in [0.2, 0.25) is 0 Å². The SMILES string of the molecule is CN(CCC#Cc1cnc2c(N(C(=O)OC(C)(C)C)C(=O)OC(C)(C)C)c(Br)cnn12)C(=O)OC(C)(C)C. The lowest BCUT2D eigenvalue weighted by atomic mass is 10.2. The summed E-state index contributed by atoms with van der Waals surface area (Å²) in [6.45, 7) is 15.9. The van der Waals surface area contributed by atoms with Crippen LogP contribution in [0.5, 0.6) is 0 Å². The molecule has 12 heteroatoms. The Kier molecular flexibility index (Phi) is 9.43. The number of imide groups is 1. The maximum absolute atomic E-state index is 13.2. The largest absolute Gasteiger partial charge is 0.444 e. The average molecular weight is 595 g/mol. The highest BCUT2D eigenvalue weighted by Gasteiger charge is 2.36. The summed E-state index contributed by atoms with van der Waals surface area (Å²) in [6, 6.07) is 0. The third-order valence-corrected chi connectivity index (χ3v) is 4.91. The van der Waals surface area contributed by atoms with Crippen LogP contribution >= 0.6 is 15.9 Å². The molecule has 38 heavy (non-hydrogen) atoms. The first kappa shape index (κ1) is 30.9. The minimum atomic E-state index is -0.929. The van der Waals surface area contributed by atoms with E-state index in [9.17, 15) is 14.4 Å². The maximum atomic E-state index is 13.2. The molecule has 2 aromatic heterocycles. The van der Waals surface area contributed by atoms with Crippen LogP contribution in [0.4, 0.5) is 20.1 Å². The van der Waals surface area contributed by atoms with Crippen molar-refractivity contribution in [1.29, 1.82) is 0 Å². The lowest BCUT2D eigenvalue weighted by Gasteiger charge is -2.29. The van der Waals surface area contributed by atoms with Crippen LogP contribution in [-0.4, -0.2) is 68.2 Å². The summed E-state index contributed by atoms with van der Waals surface area (Å²) in [6.07, 6.45) is 0.976. The van der Waals surface area contributed by atoms with Gasteiger partial charge in [-0.15, -0.1) is 0 Å². The standard InChI is InChI=1S/C26H36BrN5O6/c1-24(2,3)36-21(33)30(10)14-12-11-13-17-15-28-20-19(18(27)16-29-32(17)20)31(22(34)37-25(4,5)6)23(35)38-26(7,8)9/h15-16H,12,14H2,1-10H3. The summed E-state index contributed by atoms with van der Waals surface area (Å²) in [5.41, 5.74) is -1.62. The number of hydrogen-bond acceptors (Lipinski definition) is 8. The Bertz CT molecular complexity index is 1230. The fourth-order valence-corrected chi connectivity index (χ4v) is 3.32. The maximum Gasteiger partial charge on any atom is 0.424 e. The van der Waals surface area contributed by atoms with Crippen LogP contribution in [0.15, 0.2) is 16.9 Å². The number of ether oxygens (including phenoxy) is 3. The molecule has 0 spiro atoms. The van der Waals surface area contributed by atoms with Crippen molar-refractivity contribution in [3.05, 3.63) is 22.6 Å². The molecule has 208 valence electrons. The molecule has 2 rings (SSSR count). The van der Waals surface area contributed by atoms with Gasteiger partial charge in [0.2, 0.25) is 0 Å². The summed E-state index contributed by atoms with van der Waals surface area (Å²) < 4.78 is 18.0. The second-order valence-electron chi connectivity index (χ2n) is 11.5. The first-order chi connectivity index (χ1) is 17.3. The van der Waals surface area contributed by atoms with Crippen molar-refractivity contribution in [2.75, 3.05) is 18.5 Å². The van der Waals surface area contributed by atoms with Gasteiger partial charge >= 0.3 is 18.3 Å². The molecule has 0 aliphatic rings. The second kappa shape index (κ2) is 11.6. The van der Waals surface area contributed by atoms with E-state index in [1.165, 1.54) is 21.8 Å². The van der Waals surface area contributed by atoms with Crippen molar-refractivity contribution in [2.24, 2.45) is 0 Å². The van der Waals surface area contributed by atoms with E-state index in [0.29, 0.717) is 23.1 Å². The molecule has 0 fully saturated rings. The summed E-state index contributed by atoms with van der Waals surface area (Å²) in [4.78, 5) is 45.0. The molecule has 0 atom stereocenters. The minimum Gasteiger partial charge on any atom is -0.444 e. The van der Waals surface area contributed by atoms with Gasteiger partial charge in [-0.05, 0) is 84.2 Å². The second-order valence-corrected chi connectivity index (χ2v) is 12.3. The number of anilines is 1. The quantitative estimate of drug-likeness (QED) is 0.325. The zero-order chi connectivity index (χ0) is 29.1. The number of aromatic nitrogens is 3. The van der Waals surface area contributed by atoms with Crippen molar-refractivity contribution < 1.29 is 28.6 Å². The smallest absolute Gasteiger partial charge is 0.424 e. The van der Waals surface area contributed by atoms with Gasteiger partial charge in [-0.1, -0.05) is 5.92 Å². The molecule has 0 unspecified atom stereocenters. The highest BCUT2D eigenvalue weighted by Crippen LogP contribution is 2.32. The molecular formula is C26H36BrN5O6. The summed E-state index contributed by atoms with van der Waals surface area (Å²) in [7, 11) is 1.64. The van der Waals surface area contributed by atoms with Crippen LogP contribution in [0.25, 0.3) is 5.65 Å². The Morgan fingerprint density at radius 3 is 1.89 bits per heavy atom. The van der Waals surface area contributed by atoms with E-state index in [1.807, 2.05) is 0 Å². The third-order valence-electron chi connectivity index (χ3n) is 4.33. The van der Waals surface area contributed by atoms with E-state index in [0.717, 1.165) is 4.90 Å². The molecule has 0 aliphatic carbocycles. The molecule has 0 aliphatic heterocycles. The number of hydrogen-bond donors (Lipinski definition) is 0. The van der Waals surface area contributed by atoms with Crippen molar-refractivity contribution in [3.63, 3.8) is 0 Å². The zero-order valence-corrected chi connectivity index (χ0v) is 25.2. The van der Waals surface area contributed by atoms with E-state index in [2.05, 4.69) is 37.9 Å². The third kappa shape index (κ3) is 8.90. The molecular weight excluding hydrogens is 558 g/mol. The molecule has 11 nitrogen and oxygen atoms in total. The van der Waals surface area contributed by atoms with Gasteiger partial charge in [-0.25, -0.2) is 23.9 Å². The lowest BCUT2D eigenvalue weighted by Crippen LogP contribution is -2.44. The Balaban J connectivity index is 2.40. The Hall–Kier alpha value is -3.33. The monoisotopic (exact) mass is 593 g/mol. The fourth-order valence-electron chi connectivity index (χ4n) is 2.87. The Morgan fingerprint density at radius 1 is 0.895 bits per heavy atom. The van der Waals surface area contributed by atoms with Gasteiger partial charge in [-0.3, -0.25) is 0 Å². The highest BCUT2D eigenvalue weighted by atomic mass is 79.9. The van der Waals surface area contributed by atoms with Crippen LogP contribution in [0.3, 0.4) is 0 Å². The van der Waals surface area contributed by atoms with Crippen LogP contribution in [0.1, 0.15) is 74.4 Å². The van der Waals surface area contributed by atoms with Gasteiger partial charge in [0.1, 0.15) is 28.2 Å². The summed E-state index contributed by atoms with van der Waals surface area (Å²) in [5.74, 6) is 5.96. The number of carbonyl (C=O) groups excluding carboxylic acids is 3. The topological polar surface area (TPSA) is 116 Å². The predicted molar refractivity (Wildman–Crippen MR) is 146 cm³/mol. The summed E-state index contributed by atoms with van der Waals surface area (Å²) >= 11 is 3.38. The normalized spacial score (nSPS) is 11.9. The van der Waals surface area contributed by atoms with Crippen LogP contribution < -0.4 is 4.90 Å². The number of rotatable bonds is 3. The molecule has 2 aromatic rings. The van der Waals surface area contributed by atoms with E-state index in [-0.39, 0.29) is 11.3 Å². The zero-order valence-electron chi connectivity index (χ0n) is 23.6. The molecule has 3 amide bonds. The molecule has 2 heterocycles. The van der Waals surface area contributed by atoms with Crippen molar-refractivity contribution >= 4 is 45.5 Å². The van der Waals surface area contributed by atoms with Gasteiger partial charge in [0.25, 0.3) is 0 Å². The summed E-state index contributed by atoms with van der Waals surface area (Å²) in [5, 5.41) is 4.32. The van der Waals surface area contributed by atoms with E-state index < -0.39 is 35.1 Å². The average Bonchev–Trinajstić information content (AvgIpc) is 3.12. The number of fused-ring (bicyclic) bond motifs is 1. The molecule has 0 aromatic carbocycles. The number of halogens is 1. The van der Waals surface area contributed by atoms with Gasteiger partial charge in [0.05, 0.1) is 16.9 Å². The van der Waals surface area contributed by atoms with E-state index in [4.69, 9.17) is 14.2 Å². The molecule has 0 saturated heterocycles. The van der Waals surface area contributed by atoms with Gasteiger partial charge in [0, 0.05) is 20.0 Å². The molecule has 0 radical (unpaired) electrons. The fraction of sp³-hybridized carbons (Fsp3) is 0.577. The van der Waals surface area contributed by atoms with Crippen LogP contribution in [0, 0.1) is 11.8 Å². The van der Waals surface area contributed by atoms with Gasteiger partial charge < -0.3 is 19.1 Å². The number of nitrogens with zero attached hydrogens (tertiary/aromatic N) is 5. The van der Waals surface area contributed by atoms with Crippen molar-refractivity contribution in [2.45, 2.75) is 85.5 Å². The van der Waals surface area contributed by atoms with Crippen LogP contribution in [-0.2, 0) is 14.2 Å². The van der Waals surface area contributed by atoms with Gasteiger partial charge in [0.15, 0.2) is 5.65 Å². The lowest BCUT2D eigenvalue weighted by molar-refractivity contribution is 0.0301. The van der Waals surface area contributed by atoms with E-state index in [1.54, 1.807) is 69.4 Å². The van der Waals surface area contributed by atoms with Crippen molar-refractivity contribution in [1.82, 2.24) is 19.5 Å². The number of amides is 3. The first-order valence-electron chi connectivity index (χ1n) is 12.0.